The predicted octanol–water partition coefficient (Wildman–Crippen LogP) is 1.28. The van der Waals surface area contributed by atoms with Crippen molar-refractivity contribution >= 4 is 5.69 Å². The molecule has 0 fully saturated rings. The van der Waals surface area contributed by atoms with Gasteiger partial charge in [0, 0.05) is 16.2 Å². The van der Waals surface area contributed by atoms with Gasteiger partial charge in [0.25, 0.3) is 0 Å². The Bertz CT molecular complexity index is 415. The van der Waals surface area contributed by atoms with E-state index in [2.05, 4.69) is 10.0 Å². The number of rotatable bonds is 4. The Morgan fingerprint density at radius 1 is 1.50 bits per heavy atom. The Morgan fingerprint density at radius 2 is 2.19 bits per heavy atom. The molecule has 0 aliphatic rings. The lowest BCUT2D eigenvalue weighted by Gasteiger charge is -2.18. The molecule has 0 aromatic heterocycles. The fraction of sp³-hybridized carbons (Fsp3) is 0.400. The molecule has 0 spiro atoms. The summed E-state index contributed by atoms with van der Waals surface area (Å²) in [5.74, 6) is 0. The molecule has 1 aromatic rings. The minimum absolute atomic E-state index is 0.189. The summed E-state index contributed by atoms with van der Waals surface area (Å²) >= 11 is 0. The molecule has 16 heavy (non-hydrogen) atoms. The van der Waals surface area contributed by atoms with Gasteiger partial charge in [-0.1, -0.05) is 22.8 Å². The third kappa shape index (κ3) is 2.87. The molecule has 0 saturated heterocycles. The van der Waals surface area contributed by atoms with Crippen LogP contribution in [0.25, 0.3) is 10.4 Å². The van der Waals surface area contributed by atoms with Gasteiger partial charge >= 0.3 is 0 Å². The lowest BCUT2D eigenvalue weighted by Crippen LogP contribution is -2.22. The number of nitrogen functional groups attached to an aromatic ring is 1. The van der Waals surface area contributed by atoms with Crippen molar-refractivity contribution in [1.82, 2.24) is 0 Å². The zero-order valence-corrected chi connectivity index (χ0v) is 8.91. The van der Waals surface area contributed by atoms with Crippen LogP contribution in [0.4, 0.5) is 5.69 Å². The molecule has 6 heteroatoms. The zero-order valence-electron chi connectivity index (χ0n) is 8.91. The third-order valence-corrected chi connectivity index (χ3v) is 2.26. The van der Waals surface area contributed by atoms with E-state index in [-0.39, 0.29) is 6.54 Å². The van der Waals surface area contributed by atoms with E-state index < -0.39 is 12.2 Å². The van der Waals surface area contributed by atoms with Crippen LogP contribution in [0.1, 0.15) is 17.2 Å². The van der Waals surface area contributed by atoms with Crippen molar-refractivity contribution in [2.45, 2.75) is 19.1 Å². The predicted molar refractivity (Wildman–Crippen MR) is 60.6 cm³/mol. The highest BCUT2D eigenvalue weighted by Crippen LogP contribution is 2.24. The molecular weight excluding hydrogens is 208 g/mol. The van der Waals surface area contributed by atoms with Crippen LogP contribution in [0, 0.1) is 6.92 Å². The zero-order chi connectivity index (χ0) is 12.1. The van der Waals surface area contributed by atoms with Crippen LogP contribution in [0.15, 0.2) is 23.3 Å². The van der Waals surface area contributed by atoms with Gasteiger partial charge in [-0.3, -0.25) is 0 Å². The van der Waals surface area contributed by atoms with E-state index in [1.807, 2.05) is 13.0 Å². The maximum atomic E-state index is 9.81. The average molecular weight is 222 g/mol. The number of aryl methyl sites for hydroxylation is 1. The Kier molecular flexibility index (Phi) is 4.13. The molecule has 0 aliphatic heterocycles. The van der Waals surface area contributed by atoms with E-state index in [0.29, 0.717) is 11.3 Å². The third-order valence-electron chi connectivity index (χ3n) is 2.26. The SMILES string of the molecule is Cc1ccc(N)c(C(O)C(O)CN=[N+]=[N-])c1. The summed E-state index contributed by atoms with van der Waals surface area (Å²) in [5, 5.41) is 22.6. The number of aliphatic hydroxyl groups is 2. The number of nitrogens with zero attached hydrogens (tertiary/aromatic N) is 3. The minimum Gasteiger partial charge on any atom is -0.398 e. The Morgan fingerprint density at radius 3 is 2.81 bits per heavy atom. The lowest BCUT2D eigenvalue weighted by atomic mass is 10.0. The van der Waals surface area contributed by atoms with Gasteiger partial charge in [0.15, 0.2) is 0 Å². The Hall–Kier alpha value is -1.75. The number of hydrogen-bond donors (Lipinski definition) is 3. The van der Waals surface area contributed by atoms with Gasteiger partial charge in [0.05, 0.1) is 12.6 Å². The molecule has 0 heterocycles. The highest BCUT2D eigenvalue weighted by molar-refractivity contribution is 5.49. The van der Waals surface area contributed by atoms with Crippen LogP contribution < -0.4 is 5.73 Å². The molecule has 0 saturated carbocycles. The molecule has 6 nitrogen and oxygen atoms in total. The molecular formula is C10H14N4O2. The van der Waals surface area contributed by atoms with Gasteiger partial charge in [0.1, 0.15) is 6.10 Å². The Balaban J connectivity index is 2.90. The molecule has 0 radical (unpaired) electrons. The van der Waals surface area contributed by atoms with Gasteiger partial charge in [-0.15, -0.1) is 0 Å². The average Bonchev–Trinajstić information content (AvgIpc) is 2.28. The molecule has 86 valence electrons. The van der Waals surface area contributed by atoms with Crippen molar-refractivity contribution < 1.29 is 10.2 Å². The smallest absolute Gasteiger partial charge is 0.107 e. The second-order valence-electron chi connectivity index (χ2n) is 3.56. The molecule has 0 aliphatic carbocycles. The minimum atomic E-state index is -1.15. The van der Waals surface area contributed by atoms with Crippen LogP contribution in [0.3, 0.4) is 0 Å². The van der Waals surface area contributed by atoms with Crippen molar-refractivity contribution in [3.05, 3.63) is 39.8 Å². The largest absolute Gasteiger partial charge is 0.398 e. The summed E-state index contributed by atoms with van der Waals surface area (Å²) in [7, 11) is 0. The van der Waals surface area contributed by atoms with Crippen LogP contribution in [-0.2, 0) is 0 Å². The summed E-state index contributed by atoms with van der Waals surface area (Å²) in [6, 6.07) is 5.17. The molecule has 2 atom stereocenters. The van der Waals surface area contributed by atoms with E-state index >= 15 is 0 Å². The molecule has 0 amide bonds. The first-order valence-corrected chi connectivity index (χ1v) is 4.79. The standard InChI is InChI=1S/C10H14N4O2/c1-6-2-3-8(11)7(4-6)10(16)9(15)5-13-14-12/h2-4,9-10,15-16H,5,11H2,1H3. The summed E-state index contributed by atoms with van der Waals surface area (Å²) in [4.78, 5) is 2.51. The summed E-state index contributed by atoms with van der Waals surface area (Å²) < 4.78 is 0. The lowest BCUT2D eigenvalue weighted by molar-refractivity contribution is 0.0248. The van der Waals surface area contributed by atoms with Crippen LogP contribution in [-0.4, -0.2) is 22.9 Å². The van der Waals surface area contributed by atoms with E-state index in [1.165, 1.54) is 0 Å². The molecule has 0 bridgehead atoms. The molecule has 1 rings (SSSR count). The fourth-order valence-electron chi connectivity index (χ4n) is 1.38. The van der Waals surface area contributed by atoms with Crippen LogP contribution >= 0.6 is 0 Å². The summed E-state index contributed by atoms with van der Waals surface area (Å²) in [6.07, 6.45) is -2.30. The second kappa shape index (κ2) is 5.37. The number of aliphatic hydroxyl groups excluding tert-OH is 2. The fourth-order valence-corrected chi connectivity index (χ4v) is 1.38. The van der Waals surface area contributed by atoms with Crippen molar-refractivity contribution in [1.29, 1.82) is 0 Å². The highest BCUT2D eigenvalue weighted by Gasteiger charge is 2.19. The van der Waals surface area contributed by atoms with E-state index in [0.717, 1.165) is 5.56 Å². The first kappa shape index (κ1) is 12.3. The van der Waals surface area contributed by atoms with Crippen molar-refractivity contribution in [2.24, 2.45) is 5.11 Å². The van der Waals surface area contributed by atoms with E-state index in [4.69, 9.17) is 11.3 Å². The van der Waals surface area contributed by atoms with E-state index in [1.54, 1.807) is 12.1 Å². The van der Waals surface area contributed by atoms with Crippen molar-refractivity contribution in [2.75, 3.05) is 12.3 Å². The van der Waals surface area contributed by atoms with Gasteiger partial charge in [-0.25, -0.2) is 0 Å². The quantitative estimate of drug-likeness (QED) is 0.308. The monoisotopic (exact) mass is 222 g/mol. The maximum Gasteiger partial charge on any atom is 0.107 e. The summed E-state index contributed by atoms with van der Waals surface area (Å²) in [6.45, 7) is 1.67. The number of benzene rings is 1. The molecule has 4 N–H and O–H groups in total. The van der Waals surface area contributed by atoms with E-state index in [9.17, 15) is 10.2 Å². The molecule has 2 unspecified atom stereocenters. The number of hydrogen-bond acceptors (Lipinski definition) is 4. The van der Waals surface area contributed by atoms with Gasteiger partial charge in [0.2, 0.25) is 0 Å². The number of nitrogens with two attached hydrogens (primary N) is 1. The number of anilines is 1. The maximum absolute atomic E-state index is 9.81. The topological polar surface area (TPSA) is 115 Å². The second-order valence-corrected chi connectivity index (χ2v) is 3.56. The van der Waals surface area contributed by atoms with Gasteiger partial charge in [-0.05, 0) is 18.5 Å². The Labute approximate surface area is 93.0 Å². The first-order chi connectivity index (χ1) is 7.56. The van der Waals surface area contributed by atoms with Crippen LogP contribution in [0.2, 0.25) is 0 Å². The van der Waals surface area contributed by atoms with Crippen molar-refractivity contribution in [3.8, 4) is 0 Å². The first-order valence-electron chi connectivity index (χ1n) is 4.79. The van der Waals surface area contributed by atoms with Crippen LogP contribution in [0.5, 0.6) is 0 Å². The molecule has 1 aromatic carbocycles. The summed E-state index contributed by atoms with van der Waals surface area (Å²) in [5.41, 5.74) is 15.6. The number of azide groups is 1. The van der Waals surface area contributed by atoms with Gasteiger partial charge < -0.3 is 15.9 Å². The van der Waals surface area contributed by atoms with Crippen molar-refractivity contribution in [3.63, 3.8) is 0 Å². The highest BCUT2D eigenvalue weighted by atomic mass is 16.3. The normalized spacial score (nSPS) is 13.9. The van der Waals surface area contributed by atoms with Gasteiger partial charge in [-0.2, -0.15) is 0 Å².